The second-order valence-electron chi connectivity index (χ2n) is 7.99. The summed E-state index contributed by atoms with van der Waals surface area (Å²) in [7, 11) is 0. The monoisotopic (exact) mass is 436 g/mol. The van der Waals surface area contributed by atoms with Crippen LogP contribution in [-0.2, 0) is 0 Å². The molecule has 2 aliphatic rings. The lowest BCUT2D eigenvalue weighted by Gasteiger charge is -2.05. The van der Waals surface area contributed by atoms with Gasteiger partial charge in [-0.25, -0.2) is 9.97 Å². The molecule has 6 heterocycles. The van der Waals surface area contributed by atoms with Gasteiger partial charge in [0.25, 0.3) is 0 Å². The molecule has 6 rings (SSSR count). The first-order valence-electron chi connectivity index (χ1n) is 10.6. The van der Waals surface area contributed by atoms with Crippen LogP contribution in [0.1, 0.15) is 49.4 Å². The van der Waals surface area contributed by atoms with Crippen LogP contribution in [0.3, 0.4) is 0 Å². The van der Waals surface area contributed by atoms with E-state index in [1.807, 2.05) is 35.1 Å². The fourth-order valence-electron chi connectivity index (χ4n) is 4.34. The molecular weight excluding hydrogens is 412 g/mol. The Kier molecular flexibility index (Phi) is 4.79. The van der Waals surface area contributed by atoms with Crippen molar-refractivity contribution < 1.29 is 0 Å². The van der Waals surface area contributed by atoms with Crippen LogP contribution in [-0.4, -0.2) is 33.0 Å². The molecule has 8 heteroatoms. The van der Waals surface area contributed by atoms with Crippen LogP contribution in [0, 0.1) is 0 Å². The lowest BCUT2D eigenvalue weighted by molar-refractivity contribution is 0.613. The summed E-state index contributed by atoms with van der Waals surface area (Å²) in [5.41, 5.74) is 2.21. The lowest BCUT2D eigenvalue weighted by atomic mass is 10.2. The topological polar surface area (TPSA) is 81.4 Å². The summed E-state index contributed by atoms with van der Waals surface area (Å²) in [6.45, 7) is 2.17. The van der Waals surface area contributed by atoms with Crippen molar-refractivity contribution in [1.29, 1.82) is 0 Å². The Morgan fingerprint density at radius 1 is 0.667 bits per heavy atom. The Labute approximate surface area is 183 Å². The van der Waals surface area contributed by atoms with Crippen molar-refractivity contribution in [3.8, 4) is 30.9 Å². The summed E-state index contributed by atoms with van der Waals surface area (Å²) in [6.07, 6.45) is 8.69. The maximum absolute atomic E-state index is 4.61. The van der Waals surface area contributed by atoms with Gasteiger partial charge in [0.05, 0.1) is 45.6 Å². The van der Waals surface area contributed by atoms with Crippen LogP contribution in [0.5, 0.6) is 0 Å². The van der Waals surface area contributed by atoms with Gasteiger partial charge in [-0.2, -0.15) is 0 Å². The summed E-state index contributed by atoms with van der Waals surface area (Å²) in [6, 6.07) is 9.56. The molecule has 4 N–H and O–H groups in total. The molecule has 6 nitrogen and oxygen atoms in total. The van der Waals surface area contributed by atoms with Crippen molar-refractivity contribution in [2.75, 3.05) is 13.1 Å². The quantitative estimate of drug-likeness (QED) is 0.351. The Bertz CT molecular complexity index is 1050. The largest absolute Gasteiger partial charge is 0.340 e. The fraction of sp³-hybridized carbons (Fsp3) is 0.364. The van der Waals surface area contributed by atoms with Crippen molar-refractivity contribution in [3.05, 3.63) is 48.3 Å². The van der Waals surface area contributed by atoms with Gasteiger partial charge in [-0.1, -0.05) is 0 Å². The van der Waals surface area contributed by atoms with E-state index in [0.29, 0.717) is 12.1 Å². The second kappa shape index (κ2) is 7.77. The Balaban J connectivity index is 1.21. The summed E-state index contributed by atoms with van der Waals surface area (Å²) in [4.78, 5) is 21.3. The SMILES string of the molecule is c1nc(C2CCCN2)[nH]c1-c1ccc(-c2ccc(-c3cnc(C4CCCN4)[nH]3)s2)s1. The highest BCUT2D eigenvalue weighted by Crippen LogP contribution is 2.40. The van der Waals surface area contributed by atoms with E-state index >= 15 is 0 Å². The lowest BCUT2D eigenvalue weighted by Crippen LogP contribution is -2.14. The molecule has 0 radical (unpaired) electrons. The third-order valence-electron chi connectivity index (χ3n) is 5.96. The molecule has 4 aromatic heterocycles. The zero-order chi connectivity index (χ0) is 19.9. The zero-order valence-electron chi connectivity index (χ0n) is 16.6. The number of hydrogen-bond donors (Lipinski definition) is 4. The molecule has 0 aliphatic carbocycles. The molecule has 154 valence electrons. The molecule has 4 aromatic rings. The summed E-state index contributed by atoms with van der Waals surface area (Å²) in [5.74, 6) is 2.12. The number of hydrogen-bond acceptors (Lipinski definition) is 6. The smallest absolute Gasteiger partial charge is 0.123 e. The number of thiophene rings is 2. The number of imidazole rings is 2. The third-order valence-corrected chi connectivity index (χ3v) is 8.39. The zero-order valence-corrected chi connectivity index (χ0v) is 18.2. The van der Waals surface area contributed by atoms with Gasteiger partial charge in [0, 0.05) is 9.75 Å². The maximum Gasteiger partial charge on any atom is 0.123 e. The Hall–Kier alpha value is -2.26. The number of nitrogens with zero attached hydrogens (tertiary/aromatic N) is 2. The van der Waals surface area contributed by atoms with E-state index in [9.17, 15) is 0 Å². The molecule has 0 saturated carbocycles. The minimum absolute atomic E-state index is 0.372. The van der Waals surface area contributed by atoms with Gasteiger partial charge in [0.15, 0.2) is 0 Å². The van der Waals surface area contributed by atoms with Crippen LogP contribution in [0.25, 0.3) is 30.9 Å². The summed E-state index contributed by atoms with van der Waals surface area (Å²) >= 11 is 3.62. The highest BCUT2D eigenvalue weighted by molar-refractivity contribution is 7.25. The van der Waals surface area contributed by atoms with Gasteiger partial charge < -0.3 is 20.6 Å². The molecule has 30 heavy (non-hydrogen) atoms. The minimum atomic E-state index is 0.372. The van der Waals surface area contributed by atoms with Gasteiger partial charge in [-0.05, 0) is 63.0 Å². The summed E-state index contributed by atoms with van der Waals surface area (Å²) in [5, 5.41) is 7.01. The van der Waals surface area contributed by atoms with Crippen LogP contribution in [0.2, 0.25) is 0 Å². The van der Waals surface area contributed by atoms with E-state index < -0.39 is 0 Å². The average molecular weight is 437 g/mol. The number of H-pyrrole nitrogens is 2. The van der Waals surface area contributed by atoms with Gasteiger partial charge >= 0.3 is 0 Å². The molecule has 2 unspecified atom stereocenters. The molecule has 2 aliphatic heterocycles. The minimum Gasteiger partial charge on any atom is -0.340 e. The van der Waals surface area contributed by atoms with E-state index in [-0.39, 0.29) is 0 Å². The first kappa shape index (κ1) is 18.5. The number of rotatable bonds is 5. The molecule has 0 amide bonds. The molecule has 0 bridgehead atoms. The van der Waals surface area contributed by atoms with E-state index in [2.05, 4.69) is 54.8 Å². The molecule has 2 atom stereocenters. The maximum atomic E-state index is 4.61. The highest BCUT2D eigenvalue weighted by Gasteiger charge is 2.21. The van der Waals surface area contributed by atoms with Gasteiger partial charge in [-0.3, -0.25) is 0 Å². The first-order chi connectivity index (χ1) is 14.8. The van der Waals surface area contributed by atoms with Crippen molar-refractivity contribution in [2.45, 2.75) is 37.8 Å². The highest BCUT2D eigenvalue weighted by atomic mass is 32.1. The number of aromatic amines is 2. The van der Waals surface area contributed by atoms with Gasteiger partial charge in [0.1, 0.15) is 11.6 Å². The molecule has 2 saturated heterocycles. The predicted octanol–water partition coefficient (Wildman–Crippen LogP) is 5.11. The van der Waals surface area contributed by atoms with Gasteiger partial charge in [-0.15, -0.1) is 22.7 Å². The van der Waals surface area contributed by atoms with Crippen molar-refractivity contribution in [3.63, 3.8) is 0 Å². The van der Waals surface area contributed by atoms with Crippen LogP contribution < -0.4 is 10.6 Å². The van der Waals surface area contributed by atoms with Gasteiger partial charge in [0.2, 0.25) is 0 Å². The van der Waals surface area contributed by atoms with Crippen LogP contribution >= 0.6 is 22.7 Å². The van der Waals surface area contributed by atoms with E-state index in [4.69, 9.17) is 0 Å². The first-order valence-corrected chi connectivity index (χ1v) is 12.2. The standard InChI is InChI=1S/C22H24N6S2/c1-3-13(23-9-1)21-25-11-15(27-21)17-5-7-19(29-17)20-8-6-18(30-20)16-12-26-22(28-16)14-4-2-10-24-14/h5-8,11-14,23-24H,1-4,9-10H2,(H,25,27)(H,26,28). The number of nitrogens with one attached hydrogen (secondary N) is 4. The Morgan fingerprint density at radius 2 is 1.13 bits per heavy atom. The fourth-order valence-corrected chi connectivity index (χ4v) is 6.38. The predicted molar refractivity (Wildman–Crippen MR) is 123 cm³/mol. The van der Waals surface area contributed by atoms with Crippen molar-refractivity contribution >= 4 is 22.7 Å². The summed E-state index contributed by atoms with van der Waals surface area (Å²) < 4.78 is 0. The van der Waals surface area contributed by atoms with Crippen molar-refractivity contribution in [1.82, 2.24) is 30.6 Å². The second-order valence-corrected chi connectivity index (χ2v) is 10.2. The average Bonchev–Trinajstić information content (AvgIpc) is 3.62. The molecule has 0 spiro atoms. The molecule has 0 aromatic carbocycles. The Morgan fingerprint density at radius 3 is 1.57 bits per heavy atom. The van der Waals surface area contributed by atoms with E-state index in [1.54, 1.807) is 0 Å². The van der Waals surface area contributed by atoms with E-state index in [1.165, 1.54) is 32.4 Å². The number of aromatic nitrogens is 4. The molecular formula is C22H24N6S2. The third kappa shape index (κ3) is 3.43. The van der Waals surface area contributed by atoms with E-state index in [0.717, 1.165) is 49.0 Å². The van der Waals surface area contributed by atoms with Crippen molar-refractivity contribution in [2.24, 2.45) is 0 Å². The van der Waals surface area contributed by atoms with Crippen LogP contribution in [0.4, 0.5) is 0 Å². The van der Waals surface area contributed by atoms with Crippen LogP contribution in [0.15, 0.2) is 36.7 Å². The normalized spacial score (nSPS) is 21.6. The molecule has 2 fully saturated rings.